The lowest BCUT2D eigenvalue weighted by Crippen LogP contribution is -2.04. The number of esters is 1. The normalized spacial score (nSPS) is 15.1. The molecule has 2 rings (SSSR count). The van der Waals surface area contributed by atoms with Crippen LogP contribution < -0.4 is 0 Å². The number of rotatable bonds is 9. The zero-order valence-electron chi connectivity index (χ0n) is 14.0. The summed E-state index contributed by atoms with van der Waals surface area (Å²) in [6, 6.07) is 8.65. The van der Waals surface area contributed by atoms with Gasteiger partial charge in [-0.3, -0.25) is 4.79 Å². The van der Waals surface area contributed by atoms with Crippen molar-refractivity contribution in [2.24, 2.45) is 0 Å². The summed E-state index contributed by atoms with van der Waals surface area (Å²) in [5.41, 5.74) is 2.55. The Morgan fingerprint density at radius 3 is 2.41 bits per heavy atom. The fourth-order valence-electron chi connectivity index (χ4n) is 3.25. The smallest absolute Gasteiger partial charge is 0.306 e. The highest BCUT2D eigenvalue weighted by Crippen LogP contribution is 2.33. The summed E-state index contributed by atoms with van der Waals surface area (Å²) in [6.45, 7) is 2.62. The maximum absolute atomic E-state index is 11.7. The van der Waals surface area contributed by atoms with E-state index in [0.29, 0.717) is 13.0 Å². The van der Waals surface area contributed by atoms with Crippen LogP contribution in [0.1, 0.15) is 88.2 Å². The second-order valence-electron chi connectivity index (χ2n) is 6.55. The van der Waals surface area contributed by atoms with E-state index in [9.17, 15) is 4.79 Å². The van der Waals surface area contributed by atoms with Crippen LogP contribution in [0.5, 0.6) is 0 Å². The van der Waals surface area contributed by atoms with Crippen LogP contribution in [-0.2, 0) is 16.1 Å². The molecule has 1 fully saturated rings. The van der Waals surface area contributed by atoms with E-state index < -0.39 is 0 Å². The Kier molecular flexibility index (Phi) is 7.48. The van der Waals surface area contributed by atoms with E-state index >= 15 is 0 Å². The summed E-state index contributed by atoms with van der Waals surface area (Å²) in [5.74, 6) is 0.691. The highest BCUT2D eigenvalue weighted by Gasteiger charge is 2.16. The monoisotopic (exact) mass is 302 g/mol. The first kappa shape index (κ1) is 17.1. The average molecular weight is 302 g/mol. The van der Waals surface area contributed by atoms with Crippen molar-refractivity contribution in [3.8, 4) is 0 Å². The highest BCUT2D eigenvalue weighted by molar-refractivity contribution is 5.69. The molecule has 2 nitrogen and oxygen atoms in total. The number of carbonyl (C=O) groups is 1. The van der Waals surface area contributed by atoms with E-state index in [0.717, 1.165) is 24.3 Å². The first-order valence-corrected chi connectivity index (χ1v) is 9.04. The third kappa shape index (κ3) is 5.82. The van der Waals surface area contributed by atoms with Gasteiger partial charge in [-0.2, -0.15) is 0 Å². The summed E-state index contributed by atoms with van der Waals surface area (Å²) in [6.07, 6.45) is 11.8. The van der Waals surface area contributed by atoms with Gasteiger partial charge in [0.15, 0.2) is 0 Å². The van der Waals surface area contributed by atoms with Gasteiger partial charge in [-0.25, -0.2) is 0 Å². The Hall–Kier alpha value is -1.31. The van der Waals surface area contributed by atoms with Crippen LogP contribution in [0.3, 0.4) is 0 Å². The molecule has 1 aliphatic carbocycles. The van der Waals surface area contributed by atoms with Gasteiger partial charge >= 0.3 is 5.97 Å². The first-order chi connectivity index (χ1) is 10.8. The molecule has 0 N–H and O–H groups in total. The van der Waals surface area contributed by atoms with E-state index in [1.54, 1.807) is 0 Å². The van der Waals surface area contributed by atoms with Crippen LogP contribution in [0.2, 0.25) is 0 Å². The molecule has 0 bridgehead atoms. The Balaban J connectivity index is 1.64. The van der Waals surface area contributed by atoms with Crippen molar-refractivity contribution in [2.45, 2.75) is 83.7 Å². The molecule has 0 aromatic heterocycles. The maximum atomic E-state index is 11.7. The van der Waals surface area contributed by atoms with E-state index in [1.165, 1.54) is 50.5 Å². The second-order valence-corrected chi connectivity index (χ2v) is 6.55. The predicted molar refractivity (Wildman–Crippen MR) is 90.8 cm³/mol. The van der Waals surface area contributed by atoms with Crippen LogP contribution >= 0.6 is 0 Å². The third-order valence-electron chi connectivity index (χ3n) is 4.69. The van der Waals surface area contributed by atoms with Crippen molar-refractivity contribution in [2.75, 3.05) is 0 Å². The first-order valence-electron chi connectivity index (χ1n) is 9.04. The molecule has 1 aliphatic rings. The molecular formula is C20H30O2. The van der Waals surface area contributed by atoms with Gasteiger partial charge in [0, 0.05) is 6.42 Å². The molecular weight excluding hydrogens is 272 g/mol. The molecule has 0 saturated heterocycles. The minimum Gasteiger partial charge on any atom is -0.461 e. The molecule has 0 aliphatic heterocycles. The van der Waals surface area contributed by atoms with Gasteiger partial charge in [0.1, 0.15) is 6.61 Å². The lowest BCUT2D eigenvalue weighted by molar-refractivity contribution is -0.145. The minimum absolute atomic E-state index is 0.0589. The fraction of sp³-hybridized carbons (Fsp3) is 0.650. The average Bonchev–Trinajstić information content (AvgIpc) is 3.08. The molecule has 22 heavy (non-hydrogen) atoms. The molecule has 1 aromatic rings. The molecule has 1 saturated carbocycles. The van der Waals surface area contributed by atoms with Crippen LogP contribution in [0.15, 0.2) is 24.3 Å². The van der Waals surface area contributed by atoms with Crippen molar-refractivity contribution in [1.29, 1.82) is 0 Å². The van der Waals surface area contributed by atoms with E-state index in [1.807, 2.05) is 0 Å². The molecule has 0 spiro atoms. The molecule has 2 heteroatoms. The topological polar surface area (TPSA) is 26.3 Å². The Morgan fingerprint density at radius 2 is 1.73 bits per heavy atom. The van der Waals surface area contributed by atoms with Gasteiger partial charge in [-0.05, 0) is 36.3 Å². The van der Waals surface area contributed by atoms with E-state index in [-0.39, 0.29) is 5.97 Å². The van der Waals surface area contributed by atoms with E-state index in [2.05, 4.69) is 31.2 Å². The summed E-state index contributed by atoms with van der Waals surface area (Å²) >= 11 is 0. The molecule has 0 atom stereocenters. The number of hydrogen-bond donors (Lipinski definition) is 0. The van der Waals surface area contributed by atoms with Crippen LogP contribution in [-0.4, -0.2) is 5.97 Å². The van der Waals surface area contributed by atoms with Crippen molar-refractivity contribution in [3.63, 3.8) is 0 Å². The van der Waals surface area contributed by atoms with Crippen LogP contribution in [0.25, 0.3) is 0 Å². The summed E-state index contributed by atoms with van der Waals surface area (Å²) in [7, 11) is 0. The number of ether oxygens (including phenoxy) is 1. The van der Waals surface area contributed by atoms with E-state index in [4.69, 9.17) is 4.74 Å². The standard InChI is InChI=1S/C20H30O2/c1-2-3-4-5-6-11-20(21)22-16-17-12-14-19(15-13-17)18-9-7-8-10-18/h12-15,18H,2-11,16H2,1H3. The Morgan fingerprint density at radius 1 is 1.05 bits per heavy atom. The third-order valence-corrected chi connectivity index (χ3v) is 4.69. The minimum atomic E-state index is -0.0589. The molecule has 0 unspecified atom stereocenters. The molecule has 1 aromatic carbocycles. The predicted octanol–water partition coefficient (Wildman–Crippen LogP) is 5.75. The zero-order valence-corrected chi connectivity index (χ0v) is 14.0. The fourth-order valence-corrected chi connectivity index (χ4v) is 3.25. The van der Waals surface area contributed by atoms with Gasteiger partial charge < -0.3 is 4.74 Å². The van der Waals surface area contributed by atoms with Gasteiger partial charge in [-0.1, -0.05) is 69.7 Å². The highest BCUT2D eigenvalue weighted by atomic mass is 16.5. The van der Waals surface area contributed by atoms with Crippen LogP contribution in [0.4, 0.5) is 0 Å². The number of hydrogen-bond acceptors (Lipinski definition) is 2. The number of carbonyl (C=O) groups excluding carboxylic acids is 1. The molecule has 0 heterocycles. The lowest BCUT2D eigenvalue weighted by atomic mass is 9.97. The van der Waals surface area contributed by atoms with Crippen LogP contribution in [0, 0.1) is 0 Å². The molecule has 0 radical (unpaired) electrons. The SMILES string of the molecule is CCCCCCCC(=O)OCc1ccc(C2CCCC2)cc1. The van der Waals surface area contributed by atoms with Gasteiger partial charge in [0.2, 0.25) is 0 Å². The quantitative estimate of drug-likeness (QED) is 0.429. The summed E-state index contributed by atoms with van der Waals surface area (Å²) < 4.78 is 5.36. The molecule has 0 amide bonds. The zero-order chi connectivity index (χ0) is 15.6. The van der Waals surface area contributed by atoms with Gasteiger partial charge in [0.25, 0.3) is 0 Å². The van der Waals surface area contributed by atoms with Crippen molar-refractivity contribution >= 4 is 5.97 Å². The lowest BCUT2D eigenvalue weighted by Gasteiger charge is -2.10. The number of benzene rings is 1. The largest absolute Gasteiger partial charge is 0.461 e. The maximum Gasteiger partial charge on any atom is 0.306 e. The molecule has 122 valence electrons. The van der Waals surface area contributed by atoms with Crippen molar-refractivity contribution in [1.82, 2.24) is 0 Å². The van der Waals surface area contributed by atoms with Gasteiger partial charge in [-0.15, -0.1) is 0 Å². The Bertz CT molecular complexity index is 430. The Labute approximate surface area is 135 Å². The van der Waals surface area contributed by atoms with Gasteiger partial charge in [0.05, 0.1) is 0 Å². The summed E-state index contributed by atoms with van der Waals surface area (Å²) in [5, 5.41) is 0. The van der Waals surface area contributed by atoms with Crippen molar-refractivity contribution in [3.05, 3.63) is 35.4 Å². The second kappa shape index (κ2) is 9.66. The van der Waals surface area contributed by atoms with Crippen molar-refractivity contribution < 1.29 is 9.53 Å². The summed E-state index contributed by atoms with van der Waals surface area (Å²) in [4.78, 5) is 11.7. The number of unbranched alkanes of at least 4 members (excludes halogenated alkanes) is 4.